The molecule has 5 nitrogen and oxygen atoms in total. The number of nitrogens with zero attached hydrogens (tertiary/aromatic N) is 1. The largest absolute Gasteiger partial charge is 0.481 e. The van der Waals surface area contributed by atoms with Gasteiger partial charge in [0.25, 0.3) is 5.91 Å². The fraction of sp³-hybridized carbons (Fsp3) is 0.130. The van der Waals surface area contributed by atoms with E-state index < -0.39 is 5.97 Å². The van der Waals surface area contributed by atoms with E-state index in [1.807, 2.05) is 84.4 Å². The summed E-state index contributed by atoms with van der Waals surface area (Å²) >= 11 is 1.29. The Morgan fingerprint density at radius 2 is 1.90 bits per heavy atom. The lowest BCUT2D eigenvalue weighted by molar-refractivity contribution is -0.133. The third kappa shape index (κ3) is 6.12. The minimum absolute atomic E-state index is 0.0377. The summed E-state index contributed by atoms with van der Waals surface area (Å²) in [5.41, 5.74) is 3.47. The smallest absolute Gasteiger partial charge is 0.313 e. The number of allylic oxidation sites excluding steroid dienone is 1. The average Bonchev–Trinajstić information content (AvgIpc) is 3.17. The number of amides is 1. The zero-order chi connectivity index (χ0) is 20.6. The first kappa shape index (κ1) is 20.5. The van der Waals surface area contributed by atoms with E-state index in [1.54, 1.807) is 6.07 Å². The van der Waals surface area contributed by atoms with Crippen molar-refractivity contribution in [1.29, 1.82) is 0 Å². The number of carboxylic acid groups (broad SMARTS) is 1. The van der Waals surface area contributed by atoms with E-state index in [1.165, 1.54) is 11.8 Å². The van der Waals surface area contributed by atoms with Crippen LogP contribution in [0, 0.1) is 6.92 Å². The molecular weight excluding hydrogens is 384 g/mol. The van der Waals surface area contributed by atoms with Crippen molar-refractivity contribution < 1.29 is 14.7 Å². The van der Waals surface area contributed by atoms with Crippen LogP contribution in [0.4, 0.5) is 5.69 Å². The number of aromatic nitrogens is 1. The zero-order valence-electron chi connectivity index (χ0n) is 16.0. The molecule has 0 bridgehead atoms. The molecule has 0 aliphatic rings. The molecule has 2 N–H and O–H groups in total. The number of carbonyl (C=O) groups is 2. The molecule has 1 amide bonds. The number of nitrogens with one attached hydrogen (secondary N) is 1. The van der Waals surface area contributed by atoms with Crippen molar-refractivity contribution >= 4 is 35.4 Å². The number of benzene rings is 2. The summed E-state index contributed by atoms with van der Waals surface area (Å²) in [5.74, 6) is -0.949. The van der Waals surface area contributed by atoms with Crippen molar-refractivity contribution in [2.24, 2.45) is 0 Å². The lowest BCUT2D eigenvalue weighted by Gasteiger charge is -2.08. The van der Waals surface area contributed by atoms with Gasteiger partial charge in [0.15, 0.2) is 0 Å². The Hall–Kier alpha value is -3.25. The van der Waals surface area contributed by atoms with E-state index in [2.05, 4.69) is 5.32 Å². The summed E-state index contributed by atoms with van der Waals surface area (Å²) in [4.78, 5) is 24.2. The molecule has 29 heavy (non-hydrogen) atoms. The number of carbonyl (C=O) groups excluding carboxylic acids is 1. The molecule has 1 heterocycles. The minimum atomic E-state index is -0.833. The van der Waals surface area contributed by atoms with Crippen molar-refractivity contribution in [3.8, 4) is 0 Å². The summed E-state index contributed by atoms with van der Waals surface area (Å²) in [7, 11) is 0. The highest BCUT2D eigenvalue weighted by atomic mass is 32.2. The summed E-state index contributed by atoms with van der Waals surface area (Å²) in [6.07, 6.45) is 5.81. The molecule has 0 unspecified atom stereocenters. The Morgan fingerprint density at radius 1 is 1.10 bits per heavy atom. The van der Waals surface area contributed by atoms with Crippen molar-refractivity contribution in [3.63, 3.8) is 0 Å². The molecule has 3 aromatic rings. The van der Waals surface area contributed by atoms with E-state index in [-0.39, 0.29) is 11.7 Å². The normalized spacial score (nSPS) is 10.9. The SMILES string of the molecule is Cc1ccc(NC(=O)c2cccn2CC=Cc2cccc(SCC(=O)O)c2)cc1. The summed E-state index contributed by atoms with van der Waals surface area (Å²) in [5, 5.41) is 11.7. The third-order valence-corrected chi connectivity index (χ3v) is 5.18. The molecule has 0 aliphatic heterocycles. The number of anilines is 1. The first-order chi connectivity index (χ1) is 14.0. The number of aliphatic carboxylic acids is 1. The first-order valence-electron chi connectivity index (χ1n) is 9.15. The molecule has 148 valence electrons. The van der Waals surface area contributed by atoms with Crippen LogP contribution in [0.1, 0.15) is 21.6 Å². The zero-order valence-corrected chi connectivity index (χ0v) is 16.9. The first-order valence-corrected chi connectivity index (χ1v) is 10.1. The van der Waals surface area contributed by atoms with Crippen LogP contribution in [-0.2, 0) is 11.3 Å². The van der Waals surface area contributed by atoms with Crippen LogP contribution < -0.4 is 5.32 Å². The number of carboxylic acids is 1. The van der Waals surface area contributed by atoms with Gasteiger partial charge in [-0.15, -0.1) is 11.8 Å². The van der Waals surface area contributed by atoms with Crippen LogP contribution in [0.25, 0.3) is 6.08 Å². The van der Waals surface area contributed by atoms with Crippen LogP contribution in [0.15, 0.2) is 77.8 Å². The second-order valence-corrected chi connectivity index (χ2v) is 7.57. The lowest BCUT2D eigenvalue weighted by atomic mass is 10.2. The van der Waals surface area contributed by atoms with Gasteiger partial charge >= 0.3 is 5.97 Å². The van der Waals surface area contributed by atoms with Gasteiger partial charge in [0.05, 0.1) is 5.75 Å². The standard InChI is InChI=1S/C23H22N2O3S/c1-17-9-11-19(12-10-17)24-23(28)21-8-4-14-25(21)13-3-6-18-5-2-7-20(15-18)29-16-22(26)27/h2-12,14-15H,13,16H2,1H3,(H,24,28)(H,26,27). The van der Waals surface area contributed by atoms with Gasteiger partial charge in [-0.05, 0) is 48.9 Å². The Labute approximate surface area is 174 Å². The highest BCUT2D eigenvalue weighted by Gasteiger charge is 2.10. The maximum absolute atomic E-state index is 12.6. The predicted octanol–water partition coefficient (Wildman–Crippen LogP) is 4.94. The van der Waals surface area contributed by atoms with Gasteiger partial charge in [-0.3, -0.25) is 9.59 Å². The third-order valence-electron chi connectivity index (χ3n) is 4.20. The second-order valence-electron chi connectivity index (χ2n) is 6.52. The number of hydrogen-bond donors (Lipinski definition) is 2. The number of hydrogen-bond acceptors (Lipinski definition) is 3. The molecule has 2 aromatic carbocycles. The van der Waals surface area contributed by atoms with Crippen molar-refractivity contribution in [2.45, 2.75) is 18.4 Å². The fourth-order valence-electron chi connectivity index (χ4n) is 2.77. The van der Waals surface area contributed by atoms with E-state index in [0.717, 1.165) is 21.7 Å². The minimum Gasteiger partial charge on any atom is -0.481 e. The highest BCUT2D eigenvalue weighted by Crippen LogP contribution is 2.19. The van der Waals surface area contributed by atoms with Gasteiger partial charge < -0.3 is 15.0 Å². The van der Waals surface area contributed by atoms with Crippen molar-refractivity contribution in [1.82, 2.24) is 4.57 Å². The molecule has 0 saturated carbocycles. The Bertz CT molecular complexity index is 1020. The quantitative estimate of drug-likeness (QED) is 0.520. The summed E-state index contributed by atoms with van der Waals surface area (Å²) in [6, 6.07) is 19.0. The number of rotatable bonds is 8. The molecule has 0 spiro atoms. The topological polar surface area (TPSA) is 71.3 Å². The maximum atomic E-state index is 12.6. The van der Waals surface area contributed by atoms with Crippen molar-refractivity contribution in [3.05, 3.63) is 89.8 Å². The Kier molecular flexibility index (Phi) is 6.92. The Balaban J connectivity index is 1.62. The molecule has 6 heteroatoms. The van der Waals surface area contributed by atoms with Gasteiger partial charge in [-0.1, -0.05) is 42.0 Å². The predicted molar refractivity (Wildman–Crippen MR) is 117 cm³/mol. The van der Waals surface area contributed by atoms with Gasteiger partial charge in [-0.2, -0.15) is 0 Å². The molecule has 3 rings (SSSR count). The fourth-order valence-corrected chi connectivity index (χ4v) is 3.45. The van der Waals surface area contributed by atoms with Crippen LogP contribution in [0.5, 0.6) is 0 Å². The van der Waals surface area contributed by atoms with Crippen LogP contribution in [-0.4, -0.2) is 27.3 Å². The molecule has 1 aromatic heterocycles. The van der Waals surface area contributed by atoms with E-state index in [9.17, 15) is 9.59 Å². The van der Waals surface area contributed by atoms with Gasteiger partial charge in [0.1, 0.15) is 5.69 Å². The number of thioether (sulfide) groups is 1. The van der Waals surface area contributed by atoms with Gasteiger partial charge in [-0.25, -0.2) is 0 Å². The maximum Gasteiger partial charge on any atom is 0.313 e. The molecule has 0 aliphatic carbocycles. The van der Waals surface area contributed by atoms with Gasteiger partial charge in [0, 0.05) is 23.3 Å². The molecule has 0 atom stereocenters. The van der Waals surface area contributed by atoms with Crippen LogP contribution in [0.3, 0.4) is 0 Å². The lowest BCUT2D eigenvalue weighted by Crippen LogP contribution is -2.16. The van der Waals surface area contributed by atoms with E-state index in [0.29, 0.717) is 12.2 Å². The van der Waals surface area contributed by atoms with E-state index in [4.69, 9.17) is 5.11 Å². The monoisotopic (exact) mass is 406 g/mol. The summed E-state index contributed by atoms with van der Waals surface area (Å²) in [6.45, 7) is 2.56. The second kappa shape index (κ2) is 9.80. The molecule has 0 fully saturated rings. The van der Waals surface area contributed by atoms with Crippen molar-refractivity contribution in [2.75, 3.05) is 11.1 Å². The molecule has 0 saturated heterocycles. The Morgan fingerprint density at radius 3 is 2.66 bits per heavy atom. The van der Waals surface area contributed by atoms with E-state index >= 15 is 0 Å². The molecule has 0 radical (unpaired) electrons. The summed E-state index contributed by atoms with van der Waals surface area (Å²) < 4.78 is 1.88. The highest BCUT2D eigenvalue weighted by molar-refractivity contribution is 8.00. The van der Waals surface area contributed by atoms with Crippen LogP contribution in [0.2, 0.25) is 0 Å². The van der Waals surface area contributed by atoms with Gasteiger partial charge in [0.2, 0.25) is 0 Å². The average molecular weight is 407 g/mol. The number of aryl methyl sites for hydroxylation is 1. The van der Waals surface area contributed by atoms with Crippen LogP contribution >= 0.6 is 11.8 Å². The molecular formula is C23H22N2O3S.